The van der Waals surface area contributed by atoms with Crippen molar-refractivity contribution in [1.82, 2.24) is 9.21 Å². The predicted octanol–water partition coefficient (Wildman–Crippen LogP) is 3.65. The van der Waals surface area contributed by atoms with Crippen molar-refractivity contribution in [1.29, 1.82) is 0 Å². The quantitative estimate of drug-likeness (QED) is 0.660. The van der Waals surface area contributed by atoms with Gasteiger partial charge in [-0.3, -0.25) is 4.79 Å². The fourth-order valence-electron chi connectivity index (χ4n) is 3.31. The lowest BCUT2D eigenvalue weighted by Crippen LogP contribution is -2.50. The molecule has 0 spiro atoms. The molecule has 11 heteroatoms. The molecule has 1 amide bonds. The first-order valence-electron chi connectivity index (χ1n) is 9.28. The van der Waals surface area contributed by atoms with E-state index in [-0.39, 0.29) is 32.1 Å². The largest absolute Gasteiger partial charge is 0.417 e. The van der Waals surface area contributed by atoms with Crippen molar-refractivity contribution in [2.75, 3.05) is 33.3 Å². The van der Waals surface area contributed by atoms with Gasteiger partial charge in [-0.05, 0) is 35.9 Å². The molecule has 0 bridgehead atoms. The lowest BCUT2D eigenvalue weighted by atomic mass is 10.1. The Hall–Kier alpha value is -2.14. The van der Waals surface area contributed by atoms with E-state index in [0.717, 1.165) is 22.0 Å². The van der Waals surface area contributed by atoms with Crippen LogP contribution in [0.2, 0.25) is 5.02 Å². The predicted molar refractivity (Wildman–Crippen MR) is 108 cm³/mol. The molecule has 1 heterocycles. The Labute approximate surface area is 183 Å². The maximum atomic E-state index is 13.1. The maximum Gasteiger partial charge on any atom is 0.417 e. The Morgan fingerprint density at radius 1 is 1.10 bits per heavy atom. The zero-order valence-corrected chi connectivity index (χ0v) is 18.1. The number of amides is 1. The first-order chi connectivity index (χ1) is 14.5. The number of ether oxygens (including phenoxy) is 1. The second kappa shape index (κ2) is 9.15. The molecule has 0 unspecified atom stereocenters. The Morgan fingerprint density at radius 3 is 2.39 bits per heavy atom. The third kappa shape index (κ3) is 5.20. The molecule has 0 aliphatic carbocycles. The van der Waals surface area contributed by atoms with Crippen molar-refractivity contribution in [2.45, 2.75) is 17.7 Å². The lowest BCUT2D eigenvalue weighted by Gasteiger charge is -2.34. The van der Waals surface area contributed by atoms with E-state index in [2.05, 4.69) is 0 Å². The number of rotatable bonds is 5. The number of halogens is 4. The van der Waals surface area contributed by atoms with E-state index >= 15 is 0 Å². The number of piperazine rings is 1. The van der Waals surface area contributed by atoms with Crippen LogP contribution in [0, 0.1) is 0 Å². The molecule has 1 saturated heterocycles. The minimum atomic E-state index is -4.77. The van der Waals surface area contributed by atoms with E-state index in [9.17, 15) is 26.4 Å². The Balaban J connectivity index is 1.73. The molecule has 168 valence electrons. The number of alkyl halides is 3. The zero-order valence-electron chi connectivity index (χ0n) is 16.5. The van der Waals surface area contributed by atoms with Crippen molar-refractivity contribution < 1.29 is 31.1 Å². The van der Waals surface area contributed by atoms with Gasteiger partial charge in [0.2, 0.25) is 10.0 Å². The minimum Gasteiger partial charge on any atom is -0.380 e. The van der Waals surface area contributed by atoms with E-state index in [0.29, 0.717) is 18.2 Å². The van der Waals surface area contributed by atoms with E-state index in [4.69, 9.17) is 16.3 Å². The van der Waals surface area contributed by atoms with Crippen molar-refractivity contribution in [3.63, 3.8) is 0 Å². The lowest BCUT2D eigenvalue weighted by molar-refractivity contribution is -0.137. The second-order valence-electron chi connectivity index (χ2n) is 6.97. The molecule has 0 radical (unpaired) electrons. The first kappa shape index (κ1) is 23.5. The number of hydrogen-bond donors (Lipinski definition) is 0. The van der Waals surface area contributed by atoms with Crippen LogP contribution in [0.25, 0.3) is 0 Å². The number of sulfonamides is 1. The molecule has 1 fully saturated rings. The topological polar surface area (TPSA) is 66.9 Å². The molecule has 1 aliphatic rings. The number of nitrogens with zero attached hydrogens (tertiary/aromatic N) is 2. The number of methoxy groups -OCH3 is 1. The zero-order chi connectivity index (χ0) is 22.8. The number of hydrogen-bond acceptors (Lipinski definition) is 4. The minimum absolute atomic E-state index is 0.0319. The van der Waals surface area contributed by atoms with Crippen molar-refractivity contribution >= 4 is 27.5 Å². The first-order valence-corrected chi connectivity index (χ1v) is 11.1. The van der Waals surface area contributed by atoms with Gasteiger partial charge in [-0.15, -0.1) is 0 Å². The van der Waals surface area contributed by atoms with Crippen LogP contribution in [0.5, 0.6) is 0 Å². The molecule has 2 aromatic carbocycles. The second-order valence-corrected chi connectivity index (χ2v) is 9.31. The standard InChI is InChI=1S/C20H20ClF3N2O4S/c1-30-13-14-3-2-4-15(11-14)19(27)25-7-9-26(10-8-25)31(28,29)16-5-6-18(21)17(12-16)20(22,23)24/h2-6,11-12H,7-10,13H2,1H3. The summed E-state index contributed by atoms with van der Waals surface area (Å²) < 4.78 is 71.1. The van der Waals surface area contributed by atoms with Gasteiger partial charge in [-0.1, -0.05) is 23.7 Å². The van der Waals surface area contributed by atoms with Gasteiger partial charge < -0.3 is 9.64 Å². The molecule has 2 aromatic rings. The van der Waals surface area contributed by atoms with Gasteiger partial charge in [0.15, 0.2) is 0 Å². The maximum absolute atomic E-state index is 13.1. The summed E-state index contributed by atoms with van der Waals surface area (Å²) in [4.78, 5) is 13.8. The highest BCUT2D eigenvalue weighted by Crippen LogP contribution is 2.36. The van der Waals surface area contributed by atoms with Crippen molar-refractivity contribution in [3.8, 4) is 0 Å². The molecular formula is C20H20ClF3N2O4S. The highest BCUT2D eigenvalue weighted by molar-refractivity contribution is 7.89. The van der Waals surface area contributed by atoms with E-state index < -0.39 is 31.7 Å². The van der Waals surface area contributed by atoms with Crippen LogP contribution in [-0.4, -0.2) is 56.8 Å². The molecule has 3 rings (SSSR count). The third-order valence-corrected chi connectivity index (χ3v) is 7.12. The fourth-order valence-corrected chi connectivity index (χ4v) is 4.98. The summed E-state index contributed by atoms with van der Waals surface area (Å²) in [6, 6.07) is 9.44. The van der Waals surface area contributed by atoms with E-state index in [1.165, 1.54) is 4.90 Å². The summed E-state index contributed by atoms with van der Waals surface area (Å²) in [5, 5.41) is -0.572. The smallest absolute Gasteiger partial charge is 0.380 e. The van der Waals surface area contributed by atoms with Crippen LogP contribution in [0.15, 0.2) is 47.4 Å². The molecule has 31 heavy (non-hydrogen) atoms. The molecule has 1 aliphatic heterocycles. The van der Waals surface area contributed by atoms with Gasteiger partial charge in [0.25, 0.3) is 5.91 Å². The highest BCUT2D eigenvalue weighted by atomic mass is 35.5. The summed E-state index contributed by atoms with van der Waals surface area (Å²) in [5.41, 5.74) is 0.0798. The van der Waals surface area contributed by atoms with E-state index in [1.54, 1.807) is 25.3 Å². The van der Waals surface area contributed by atoms with Gasteiger partial charge in [-0.25, -0.2) is 8.42 Å². The summed E-state index contributed by atoms with van der Waals surface area (Å²) in [5.74, 6) is -0.249. The fraction of sp³-hybridized carbons (Fsp3) is 0.350. The van der Waals surface area contributed by atoms with Gasteiger partial charge >= 0.3 is 6.18 Å². The highest BCUT2D eigenvalue weighted by Gasteiger charge is 2.36. The number of carbonyl (C=O) groups is 1. The Morgan fingerprint density at radius 2 is 1.77 bits per heavy atom. The van der Waals surface area contributed by atoms with Crippen LogP contribution in [0.1, 0.15) is 21.5 Å². The monoisotopic (exact) mass is 476 g/mol. The van der Waals surface area contributed by atoms with Crippen LogP contribution >= 0.6 is 11.6 Å². The average molecular weight is 477 g/mol. The van der Waals surface area contributed by atoms with Gasteiger partial charge in [0.05, 0.1) is 22.1 Å². The van der Waals surface area contributed by atoms with Crippen LogP contribution in [0.3, 0.4) is 0 Å². The molecule has 0 atom stereocenters. The van der Waals surface area contributed by atoms with Crippen LogP contribution in [-0.2, 0) is 27.5 Å². The number of benzene rings is 2. The molecule has 0 aromatic heterocycles. The Bertz CT molecular complexity index is 1070. The van der Waals surface area contributed by atoms with Gasteiger partial charge in [0.1, 0.15) is 0 Å². The SMILES string of the molecule is COCc1cccc(C(=O)N2CCN(S(=O)(=O)c3ccc(Cl)c(C(F)(F)F)c3)CC2)c1. The molecule has 0 N–H and O–H groups in total. The van der Waals surface area contributed by atoms with Crippen LogP contribution in [0.4, 0.5) is 13.2 Å². The summed E-state index contributed by atoms with van der Waals surface area (Å²) in [6.45, 7) is 0.526. The third-order valence-electron chi connectivity index (χ3n) is 4.89. The molecule has 0 saturated carbocycles. The Kier molecular flexibility index (Phi) is 6.95. The average Bonchev–Trinajstić information content (AvgIpc) is 2.73. The molecular weight excluding hydrogens is 457 g/mol. The van der Waals surface area contributed by atoms with Crippen LogP contribution < -0.4 is 0 Å². The van der Waals surface area contributed by atoms with Gasteiger partial charge in [0, 0.05) is 38.9 Å². The summed E-state index contributed by atoms with van der Waals surface area (Å²) in [7, 11) is -2.62. The van der Waals surface area contributed by atoms with Crippen molar-refractivity contribution in [2.24, 2.45) is 0 Å². The number of carbonyl (C=O) groups excluding carboxylic acids is 1. The van der Waals surface area contributed by atoms with Crippen molar-refractivity contribution in [3.05, 3.63) is 64.2 Å². The summed E-state index contributed by atoms with van der Waals surface area (Å²) in [6.07, 6.45) is -4.77. The van der Waals surface area contributed by atoms with E-state index in [1.807, 2.05) is 6.07 Å². The normalized spacial score (nSPS) is 15.8. The summed E-state index contributed by atoms with van der Waals surface area (Å²) >= 11 is 5.58. The van der Waals surface area contributed by atoms with Gasteiger partial charge in [-0.2, -0.15) is 17.5 Å². The molecule has 6 nitrogen and oxygen atoms in total.